The van der Waals surface area contributed by atoms with Gasteiger partial charge in [-0.1, -0.05) is 28.1 Å². The number of para-hydroxylation sites is 2. The Labute approximate surface area is 124 Å². The van der Waals surface area contributed by atoms with Gasteiger partial charge < -0.3 is 14.2 Å². The van der Waals surface area contributed by atoms with Crippen molar-refractivity contribution in [1.82, 2.24) is 0 Å². The lowest BCUT2D eigenvalue weighted by atomic mass is 10.2. The summed E-state index contributed by atoms with van der Waals surface area (Å²) in [5.74, 6) is 1.19. The van der Waals surface area contributed by atoms with Gasteiger partial charge in [0.05, 0.1) is 0 Å². The van der Waals surface area contributed by atoms with Crippen molar-refractivity contribution in [3.8, 4) is 17.2 Å². The third-order valence-corrected chi connectivity index (χ3v) is 3.33. The Morgan fingerprint density at radius 2 is 1.80 bits per heavy atom. The van der Waals surface area contributed by atoms with Crippen LogP contribution in [0, 0.1) is 0 Å². The molecular weight excluding hydrogens is 324 g/mol. The van der Waals surface area contributed by atoms with Gasteiger partial charge in [-0.05, 0) is 36.4 Å². The van der Waals surface area contributed by atoms with Crippen molar-refractivity contribution < 1.29 is 19.0 Å². The number of carbonyl (C=O) groups is 1. The van der Waals surface area contributed by atoms with E-state index in [4.69, 9.17) is 14.2 Å². The molecule has 0 aromatic heterocycles. The number of carbonyl (C=O) groups excluding carboxylic acids is 1. The third-order valence-electron chi connectivity index (χ3n) is 2.80. The molecule has 3 rings (SSSR count). The second-order valence-electron chi connectivity index (χ2n) is 4.24. The molecule has 1 aliphatic heterocycles. The Balaban J connectivity index is 1.68. The quantitative estimate of drug-likeness (QED) is 0.625. The van der Waals surface area contributed by atoms with Gasteiger partial charge in [0.2, 0.25) is 6.10 Å². The van der Waals surface area contributed by atoms with Crippen LogP contribution in [-0.2, 0) is 4.79 Å². The first-order valence-electron chi connectivity index (χ1n) is 6.08. The van der Waals surface area contributed by atoms with Crippen LogP contribution in [0.1, 0.15) is 0 Å². The summed E-state index contributed by atoms with van der Waals surface area (Å²) < 4.78 is 17.2. The maximum absolute atomic E-state index is 12.0. The van der Waals surface area contributed by atoms with Gasteiger partial charge in [0.15, 0.2) is 11.5 Å². The maximum atomic E-state index is 12.0. The fourth-order valence-electron chi connectivity index (χ4n) is 1.82. The fourth-order valence-corrected chi connectivity index (χ4v) is 2.08. The predicted molar refractivity (Wildman–Crippen MR) is 76.1 cm³/mol. The molecule has 0 saturated heterocycles. The lowest BCUT2D eigenvalue weighted by molar-refractivity contribution is -0.144. The number of rotatable bonds is 2. The first kappa shape index (κ1) is 13.0. The van der Waals surface area contributed by atoms with Crippen molar-refractivity contribution in [3.05, 3.63) is 53.0 Å². The molecule has 0 bridgehead atoms. The molecule has 0 radical (unpaired) electrons. The molecule has 2 aromatic rings. The number of benzene rings is 2. The van der Waals surface area contributed by atoms with Crippen LogP contribution in [0.15, 0.2) is 53.0 Å². The average molecular weight is 335 g/mol. The van der Waals surface area contributed by atoms with Gasteiger partial charge in [-0.25, -0.2) is 4.79 Å². The molecule has 1 heterocycles. The molecule has 20 heavy (non-hydrogen) atoms. The van der Waals surface area contributed by atoms with Gasteiger partial charge in [0.1, 0.15) is 12.4 Å². The lowest BCUT2D eigenvalue weighted by Gasteiger charge is -2.24. The van der Waals surface area contributed by atoms with E-state index in [1.165, 1.54) is 0 Å². The molecule has 102 valence electrons. The van der Waals surface area contributed by atoms with Gasteiger partial charge in [0, 0.05) is 4.47 Å². The van der Waals surface area contributed by atoms with Crippen molar-refractivity contribution in [2.45, 2.75) is 6.10 Å². The highest BCUT2D eigenvalue weighted by Gasteiger charge is 2.29. The summed E-state index contributed by atoms with van der Waals surface area (Å²) in [7, 11) is 0. The molecule has 0 spiro atoms. The highest BCUT2D eigenvalue weighted by molar-refractivity contribution is 9.10. The van der Waals surface area contributed by atoms with Crippen molar-refractivity contribution in [3.63, 3.8) is 0 Å². The number of hydrogen-bond donors (Lipinski definition) is 0. The third kappa shape index (κ3) is 2.77. The number of fused-ring (bicyclic) bond motifs is 1. The lowest BCUT2D eigenvalue weighted by Crippen LogP contribution is -2.39. The van der Waals surface area contributed by atoms with E-state index in [-0.39, 0.29) is 6.61 Å². The Hall–Kier alpha value is -2.01. The smallest absolute Gasteiger partial charge is 0.356 e. The van der Waals surface area contributed by atoms with Gasteiger partial charge in [-0.3, -0.25) is 0 Å². The molecule has 0 aliphatic carbocycles. The maximum Gasteiger partial charge on any atom is 0.356 e. The number of esters is 1. The van der Waals surface area contributed by atoms with E-state index in [0.717, 1.165) is 4.47 Å². The zero-order valence-electron chi connectivity index (χ0n) is 10.4. The van der Waals surface area contributed by atoms with Crippen molar-refractivity contribution in [1.29, 1.82) is 0 Å². The van der Waals surface area contributed by atoms with E-state index >= 15 is 0 Å². The number of halogens is 1. The molecule has 0 fully saturated rings. The normalized spacial score (nSPS) is 16.6. The van der Waals surface area contributed by atoms with Crippen LogP contribution in [0.3, 0.4) is 0 Å². The van der Waals surface area contributed by atoms with E-state index in [2.05, 4.69) is 15.9 Å². The van der Waals surface area contributed by atoms with E-state index in [1.807, 2.05) is 12.1 Å². The van der Waals surface area contributed by atoms with Crippen LogP contribution in [0.5, 0.6) is 17.2 Å². The van der Waals surface area contributed by atoms with Gasteiger partial charge in [-0.2, -0.15) is 0 Å². The predicted octanol–water partition coefficient (Wildman–Crippen LogP) is 3.19. The molecule has 0 amide bonds. The van der Waals surface area contributed by atoms with E-state index in [1.54, 1.807) is 36.4 Å². The zero-order chi connectivity index (χ0) is 13.9. The van der Waals surface area contributed by atoms with E-state index in [0.29, 0.717) is 17.2 Å². The first-order valence-corrected chi connectivity index (χ1v) is 6.87. The molecule has 1 aliphatic rings. The van der Waals surface area contributed by atoms with Crippen LogP contribution in [0.2, 0.25) is 0 Å². The van der Waals surface area contributed by atoms with Crippen molar-refractivity contribution >= 4 is 21.9 Å². The minimum Gasteiger partial charge on any atom is -0.485 e. The van der Waals surface area contributed by atoms with Gasteiger partial charge >= 0.3 is 5.97 Å². The van der Waals surface area contributed by atoms with Crippen LogP contribution < -0.4 is 14.2 Å². The average Bonchev–Trinajstić information content (AvgIpc) is 2.49. The highest BCUT2D eigenvalue weighted by atomic mass is 79.9. The molecule has 4 nitrogen and oxygen atoms in total. The Kier molecular flexibility index (Phi) is 3.60. The van der Waals surface area contributed by atoms with Gasteiger partial charge in [0.25, 0.3) is 0 Å². The molecule has 0 saturated carbocycles. The van der Waals surface area contributed by atoms with Crippen LogP contribution in [0.25, 0.3) is 0 Å². The second kappa shape index (κ2) is 5.54. The van der Waals surface area contributed by atoms with E-state index in [9.17, 15) is 4.79 Å². The topological polar surface area (TPSA) is 44.8 Å². The minimum absolute atomic E-state index is 0.145. The first-order chi connectivity index (χ1) is 9.72. The summed E-state index contributed by atoms with van der Waals surface area (Å²) in [6.45, 7) is 0.145. The molecule has 2 aromatic carbocycles. The highest BCUT2D eigenvalue weighted by Crippen LogP contribution is 2.31. The summed E-state index contributed by atoms with van der Waals surface area (Å²) >= 11 is 3.32. The zero-order valence-corrected chi connectivity index (χ0v) is 12.0. The molecule has 1 unspecified atom stereocenters. The summed E-state index contributed by atoms with van der Waals surface area (Å²) in [6.07, 6.45) is -0.756. The fraction of sp³-hybridized carbons (Fsp3) is 0.133. The SMILES string of the molecule is O=C(Oc1ccc(Br)cc1)C1COc2ccccc2O1. The molecular formula is C15H11BrO4. The Morgan fingerprint density at radius 1 is 1.10 bits per heavy atom. The molecule has 5 heteroatoms. The van der Waals surface area contributed by atoms with E-state index < -0.39 is 12.1 Å². The second-order valence-corrected chi connectivity index (χ2v) is 5.15. The minimum atomic E-state index is -0.756. The Morgan fingerprint density at radius 3 is 2.55 bits per heavy atom. The summed E-state index contributed by atoms with van der Waals surface area (Å²) in [6, 6.07) is 14.2. The van der Waals surface area contributed by atoms with Crippen LogP contribution in [0.4, 0.5) is 0 Å². The molecule has 0 N–H and O–H groups in total. The largest absolute Gasteiger partial charge is 0.485 e. The summed E-state index contributed by atoms with van der Waals surface area (Å²) in [4.78, 5) is 12.0. The summed E-state index contributed by atoms with van der Waals surface area (Å²) in [5, 5.41) is 0. The monoisotopic (exact) mass is 334 g/mol. The van der Waals surface area contributed by atoms with Gasteiger partial charge in [-0.15, -0.1) is 0 Å². The standard InChI is InChI=1S/C15H11BrO4/c16-10-5-7-11(8-6-10)19-15(17)14-9-18-12-3-1-2-4-13(12)20-14/h1-8,14H,9H2. The molecule has 1 atom stereocenters. The summed E-state index contributed by atoms with van der Waals surface area (Å²) in [5.41, 5.74) is 0. The number of hydrogen-bond acceptors (Lipinski definition) is 4. The number of ether oxygens (including phenoxy) is 3. The van der Waals surface area contributed by atoms with Crippen molar-refractivity contribution in [2.75, 3.05) is 6.61 Å². The van der Waals surface area contributed by atoms with Crippen LogP contribution >= 0.6 is 15.9 Å². The van der Waals surface area contributed by atoms with Crippen molar-refractivity contribution in [2.24, 2.45) is 0 Å². The Bertz CT molecular complexity index is 624. The van der Waals surface area contributed by atoms with Crippen LogP contribution in [-0.4, -0.2) is 18.7 Å².